The monoisotopic (exact) mass is 175 g/mol. The van der Waals surface area contributed by atoms with E-state index in [1.54, 1.807) is 0 Å². The van der Waals surface area contributed by atoms with Crippen LogP contribution in [0.15, 0.2) is 18.5 Å². The Morgan fingerprint density at radius 3 is 2.85 bits per heavy atom. The van der Waals surface area contributed by atoms with Crippen molar-refractivity contribution in [3.63, 3.8) is 0 Å². The number of hydrogen-bond donors (Lipinski definition) is 0. The Morgan fingerprint density at radius 2 is 2.15 bits per heavy atom. The van der Waals surface area contributed by atoms with Crippen LogP contribution in [0.25, 0.3) is 11.0 Å². The first-order chi connectivity index (χ1) is 6.18. The number of pyridine rings is 1. The Balaban J connectivity index is 2.75. The van der Waals surface area contributed by atoms with Gasteiger partial charge >= 0.3 is 0 Å². The minimum atomic E-state index is 0.500. The zero-order valence-corrected chi connectivity index (χ0v) is 8.15. The smallest absolute Gasteiger partial charge is 0.114 e. The number of hydrogen-bond acceptors (Lipinski definition) is 2. The molecule has 0 spiro atoms. The number of nitrogens with zero attached hydrogens (tertiary/aromatic N) is 3. The van der Waals surface area contributed by atoms with Crippen molar-refractivity contribution >= 4 is 11.0 Å². The molecule has 2 rings (SSSR count). The van der Waals surface area contributed by atoms with Gasteiger partial charge in [-0.25, -0.2) is 0 Å². The molecule has 68 valence electrons. The Bertz CT molecular complexity index is 429. The fraction of sp³-hybridized carbons (Fsp3) is 0.400. The molecule has 0 aromatic carbocycles. The molecule has 0 amide bonds. The van der Waals surface area contributed by atoms with E-state index in [1.165, 1.54) is 5.56 Å². The molecule has 0 unspecified atom stereocenters. The SMILES string of the molecule is CC(C)c1ccnc2cn(C)nc12. The highest BCUT2D eigenvalue weighted by Crippen LogP contribution is 2.21. The van der Waals surface area contributed by atoms with Gasteiger partial charge in [0.1, 0.15) is 11.0 Å². The Morgan fingerprint density at radius 1 is 1.38 bits per heavy atom. The Labute approximate surface area is 77.4 Å². The fourth-order valence-electron chi connectivity index (χ4n) is 1.52. The molecule has 2 heterocycles. The summed E-state index contributed by atoms with van der Waals surface area (Å²) in [6.07, 6.45) is 3.79. The normalized spacial score (nSPS) is 11.4. The predicted octanol–water partition coefficient (Wildman–Crippen LogP) is 2.09. The Hall–Kier alpha value is -1.38. The molecule has 3 heteroatoms. The lowest BCUT2D eigenvalue weighted by atomic mass is 10.0. The predicted molar refractivity (Wildman–Crippen MR) is 52.6 cm³/mol. The van der Waals surface area contributed by atoms with Crippen LogP contribution in [0.1, 0.15) is 25.3 Å². The standard InChI is InChI=1S/C10H13N3/c1-7(2)8-4-5-11-9-6-13(3)12-10(8)9/h4-7H,1-3H3. The van der Waals surface area contributed by atoms with Crippen molar-refractivity contribution in [2.24, 2.45) is 7.05 Å². The molecule has 0 aliphatic carbocycles. The van der Waals surface area contributed by atoms with E-state index in [2.05, 4.69) is 23.9 Å². The van der Waals surface area contributed by atoms with Crippen molar-refractivity contribution in [3.05, 3.63) is 24.0 Å². The van der Waals surface area contributed by atoms with E-state index in [9.17, 15) is 0 Å². The summed E-state index contributed by atoms with van der Waals surface area (Å²) in [4.78, 5) is 4.26. The second-order valence-corrected chi connectivity index (χ2v) is 3.59. The number of rotatable bonds is 1. The fourth-order valence-corrected chi connectivity index (χ4v) is 1.52. The van der Waals surface area contributed by atoms with Crippen LogP contribution in [0, 0.1) is 0 Å². The molecule has 0 saturated carbocycles. The first-order valence-electron chi connectivity index (χ1n) is 4.46. The summed E-state index contributed by atoms with van der Waals surface area (Å²) in [5.74, 6) is 0.500. The minimum Gasteiger partial charge on any atom is -0.273 e. The molecule has 0 bridgehead atoms. The van der Waals surface area contributed by atoms with Gasteiger partial charge < -0.3 is 0 Å². The van der Waals surface area contributed by atoms with Gasteiger partial charge in [-0.2, -0.15) is 5.10 Å². The molecule has 2 aromatic heterocycles. The summed E-state index contributed by atoms with van der Waals surface area (Å²) in [5, 5.41) is 4.39. The minimum absolute atomic E-state index is 0.500. The van der Waals surface area contributed by atoms with E-state index in [0.29, 0.717) is 5.92 Å². The van der Waals surface area contributed by atoms with E-state index in [4.69, 9.17) is 0 Å². The zero-order chi connectivity index (χ0) is 9.42. The molecule has 0 aliphatic heterocycles. The molecule has 0 saturated heterocycles. The lowest BCUT2D eigenvalue weighted by molar-refractivity contribution is 0.773. The number of fused-ring (bicyclic) bond motifs is 1. The third-order valence-corrected chi connectivity index (χ3v) is 2.17. The van der Waals surface area contributed by atoms with Gasteiger partial charge in [0.15, 0.2) is 0 Å². The molecule has 0 radical (unpaired) electrons. The molecule has 0 aliphatic rings. The quantitative estimate of drug-likeness (QED) is 0.664. The van der Waals surface area contributed by atoms with Gasteiger partial charge in [0.05, 0.1) is 6.20 Å². The van der Waals surface area contributed by atoms with Crippen LogP contribution in [0.5, 0.6) is 0 Å². The molecule has 2 aromatic rings. The van der Waals surface area contributed by atoms with Crippen LogP contribution in [-0.2, 0) is 7.05 Å². The summed E-state index contributed by atoms with van der Waals surface area (Å²) in [5.41, 5.74) is 3.28. The average Bonchev–Trinajstić information content (AvgIpc) is 2.43. The molecular formula is C10H13N3. The number of aryl methyl sites for hydroxylation is 1. The van der Waals surface area contributed by atoms with Crippen molar-refractivity contribution in [3.8, 4) is 0 Å². The third kappa shape index (κ3) is 1.30. The summed E-state index contributed by atoms with van der Waals surface area (Å²) in [6.45, 7) is 4.34. The highest BCUT2D eigenvalue weighted by atomic mass is 15.3. The lowest BCUT2D eigenvalue weighted by Gasteiger charge is -2.03. The summed E-state index contributed by atoms with van der Waals surface area (Å²) in [6, 6.07) is 2.04. The molecule has 0 atom stereocenters. The van der Waals surface area contributed by atoms with Crippen LogP contribution < -0.4 is 0 Å². The van der Waals surface area contributed by atoms with Gasteiger partial charge in [-0.1, -0.05) is 13.8 Å². The van der Waals surface area contributed by atoms with Gasteiger partial charge in [0.2, 0.25) is 0 Å². The Kier molecular flexibility index (Phi) is 1.79. The highest BCUT2D eigenvalue weighted by Gasteiger charge is 2.08. The van der Waals surface area contributed by atoms with Crippen LogP contribution in [0.4, 0.5) is 0 Å². The zero-order valence-electron chi connectivity index (χ0n) is 8.15. The van der Waals surface area contributed by atoms with Gasteiger partial charge in [-0.3, -0.25) is 9.67 Å². The third-order valence-electron chi connectivity index (χ3n) is 2.17. The van der Waals surface area contributed by atoms with Crippen molar-refractivity contribution in [1.82, 2.24) is 14.8 Å². The van der Waals surface area contributed by atoms with E-state index in [-0.39, 0.29) is 0 Å². The maximum atomic E-state index is 4.39. The first kappa shape index (κ1) is 8.23. The summed E-state index contributed by atoms with van der Waals surface area (Å²) >= 11 is 0. The number of aromatic nitrogens is 3. The molecular weight excluding hydrogens is 162 g/mol. The lowest BCUT2D eigenvalue weighted by Crippen LogP contribution is -1.91. The van der Waals surface area contributed by atoms with Crippen LogP contribution >= 0.6 is 0 Å². The second kappa shape index (κ2) is 2.83. The molecule has 3 nitrogen and oxygen atoms in total. The van der Waals surface area contributed by atoms with E-state index < -0.39 is 0 Å². The average molecular weight is 175 g/mol. The maximum Gasteiger partial charge on any atom is 0.114 e. The van der Waals surface area contributed by atoms with E-state index in [1.807, 2.05) is 30.2 Å². The van der Waals surface area contributed by atoms with Crippen molar-refractivity contribution in [2.45, 2.75) is 19.8 Å². The van der Waals surface area contributed by atoms with Gasteiger partial charge in [-0.15, -0.1) is 0 Å². The molecule has 0 fully saturated rings. The van der Waals surface area contributed by atoms with Crippen molar-refractivity contribution in [1.29, 1.82) is 0 Å². The van der Waals surface area contributed by atoms with E-state index in [0.717, 1.165) is 11.0 Å². The summed E-state index contributed by atoms with van der Waals surface area (Å²) < 4.78 is 1.81. The second-order valence-electron chi connectivity index (χ2n) is 3.59. The first-order valence-corrected chi connectivity index (χ1v) is 4.46. The topological polar surface area (TPSA) is 30.7 Å². The van der Waals surface area contributed by atoms with Gasteiger partial charge in [0, 0.05) is 13.2 Å². The van der Waals surface area contributed by atoms with Crippen LogP contribution in [0.2, 0.25) is 0 Å². The molecule has 0 N–H and O–H groups in total. The summed E-state index contributed by atoms with van der Waals surface area (Å²) in [7, 11) is 1.92. The highest BCUT2D eigenvalue weighted by molar-refractivity contribution is 5.77. The molecule has 13 heavy (non-hydrogen) atoms. The van der Waals surface area contributed by atoms with E-state index >= 15 is 0 Å². The maximum absolute atomic E-state index is 4.39. The van der Waals surface area contributed by atoms with Gasteiger partial charge in [-0.05, 0) is 17.5 Å². The van der Waals surface area contributed by atoms with Gasteiger partial charge in [0.25, 0.3) is 0 Å². The largest absolute Gasteiger partial charge is 0.273 e. The van der Waals surface area contributed by atoms with Crippen molar-refractivity contribution < 1.29 is 0 Å². The van der Waals surface area contributed by atoms with Crippen molar-refractivity contribution in [2.75, 3.05) is 0 Å². The van der Waals surface area contributed by atoms with Crippen LogP contribution in [-0.4, -0.2) is 14.8 Å². The van der Waals surface area contributed by atoms with Crippen LogP contribution in [0.3, 0.4) is 0 Å².